The highest BCUT2D eigenvalue weighted by Crippen LogP contribution is 2.29. The van der Waals surface area contributed by atoms with E-state index in [0.29, 0.717) is 18.7 Å². The molecular formula is C15H18F3N3. The number of hydrogen-bond acceptors (Lipinski definition) is 2. The highest BCUT2D eigenvalue weighted by molar-refractivity contribution is 5.25. The molecular weight excluding hydrogens is 279 g/mol. The third-order valence-electron chi connectivity index (χ3n) is 3.28. The predicted molar refractivity (Wildman–Crippen MR) is 74.6 cm³/mol. The third-order valence-corrected chi connectivity index (χ3v) is 3.28. The van der Waals surface area contributed by atoms with Gasteiger partial charge in [0.1, 0.15) is 0 Å². The second-order valence-electron chi connectivity index (χ2n) is 4.91. The summed E-state index contributed by atoms with van der Waals surface area (Å²) in [7, 11) is 1.86. The van der Waals surface area contributed by atoms with Crippen molar-refractivity contribution < 1.29 is 13.2 Å². The number of rotatable bonds is 5. The second kappa shape index (κ2) is 6.30. The molecule has 114 valence electrons. The van der Waals surface area contributed by atoms with Gasteiger partial charge >= 0.3 is 6.18 Å². The minimum absolute atomic E-state index is 0.385. The van der Waals surface area contributed by atoms with Crippen LogP contribution in [0.4, 0.5) is 13.2 Å². The van der Waals surface area contributed by atoms with E-state index in [4.69, 9.17) is 0 Å². The molecule has 0 fully saturated rings. The first-order valence-corrected chi connectivity index (χ1v) is 6.78. The summed E-state index contributed by atoms with van der Waals surface area (Å²) in [4.78, 5) is 0. The zero-order chi connectivity index (χ0) is 15.5. The first kappa shape index (κ1) is 15.6. The Kier molecular flexibility index (Phi) is 4.67. The Balaban J connectivity index is 1.96. The van der Waals surface area contributed by atoms with Gasteiger partial charge in [-0.2, -0.15) is 18.3 Å². The molecule has 0 unspecified atom stereocenters. The van der Waals surface area contributed by atoms with Gasteiger partial charge in [0, 0.05) is 20.1 Å². The van der Waals surface area contributed by atoms with E-state index in [0.717, 1.165) is 23.9 Å². The van der Waals surface area contributed by atoms with Crippen LogP contribution in [0.5, 0.6) is 0 Å². The van der Waals surface area contributed by atoms with Crippen molar-refractivity contribution in [1.29, 1.82) is 0 Å². The summed E-state index contributed by atoms with van der Waals surface area (Å²) in [5, 5.41) is 7.48. The number of nitrogens with zero attached hydrogens (tertiary/aromatic N) is 2. The van der Waals surface area contributed by atoms with Gasteiger partial charge < -0.3 is 5.32 Å². The summed E-state index contributed by atoms with van der Waals surface area (Å²) in [6.07, 6.45) is -3.43. The molecule has 2 rings (SSSR count). The van der Waals surface area contributed by atoms with Gasteiger partial charge in [-0.1, -0.05) is 25.1 Å². The maximum absolute atomic E-state index is 12.6. The van der Waals surface area contributed by atoms with E-state index in [2.05, 4.69) is 10.4 Å². The number of alkyl halides is 3. The molecule has 0 spiro atoms. The molecule has 6 heteroatoms. The van der Waals surface area contributed by atoms with Crippen LogP contribution in [0.2, 0.25) is 0 Å². The molecule has 2 aromatic rings. The lowest BCUT2D eigenvalue weighted by Gasteiger charge is -2.09. The van der Waals surface area contributed by atoms with Gasteiger partial charge in [0.15, 0.2) is 0 Å². The second-order valence-corrected chi connectivity index (χ2v) is 4.91. The fourth-order valence-electron chi connectivity index (χ4n) is 2.10. The molecule has 0 aliphatic rings. The van der Waals surface area contributed by atoms with E-state index in [9.17, 15) is 13.2 Å². The molecule has 0 amide bonds. The van der Waals surface area contributed by atoms with Crippen LogP contribution in [-0.2, 0) is 32.7 Å². The van der Waals surface area contributed by atoms with Crippen LogP contribution in [0, 0.1) is 0 Å². The van der Waals surface area contributed by atoms with Gasteiger partial charge in [0.2, 0.25) is 0 Å². The first-order valence-electron chi connectivity index (χ1n) is 6.78. The van der Waals surface area contributed by atoms with Crippen LogP contribution in [0.3, 0.4) is 0 Å². The standard InChI is InChI=1S/C15H18F3N3/c1-3-13-8-14(21(2)20-13)10-19-9-11-5-4-6-12(7-11)15(16,17)18/h4-8,19H,3,9-10H2,1-2H3. The summed E-state index contributed by atoms with van der Waals surface area (Å²) in [5.41, 5.74) is 2.02. The molecule has 21 heavy (non-hydrogen) atoms. The minimum Gasteiger partial charge on any atom is -0.307 e. The summed E-state index contributed by atoms with van der Waals surface area (Å²) >= 11 is 0. The number of nitrogens with one attached hydrogen (secondary N) is 1. The quantitative estimate of drug-likeness (QED) is 0.918. The molecule has 1 N–H and O–H groups in total. The monoisotopic (exact) mass is 297 g/mol. The molecule has 0 aliphatic heterocycles. The Morgan fingerprint density at radius 2 is 1.95 bits per heavy atom. The zero-order valence-electron chi connectivity index (χ0n) is 12.0. The highest BCUT2D eigenvalue weighted by Gasteiger charge is 2.30. The summed E-state index contributed by atoms with van der Waals surface area (Å²) < 4.78 is 39.6. The normalized spacial score (nSPS) is 11.9. The van der Waals surface area contributed by atoms with Crippen LogP contribution < -0.4 is 5.32 Å². The van der Waals surface area contributed by atoms with Gasteiger partial charge in [0.25, 0.3) is 0 Å². The van der Waals surface area contributed by atoms with Crippen molar-refractivity contribution in [2.75, 3.05) is 0 Å². The van der Waals surface area contributed by atoms with Gasteiger partial charge in [-0.05, 0) is 24.1 Å². The molecule has 1 aromatic heterocycles. The Morgan fingerprint density at radius 3 is 2.57 bits per heavy atom. The molecule has 0 radical (unpaired) electrons. The summed E-state index contributed by atoms with van der Waals surface area (Å²) in [6.45, 7) is 2.98. The summed E-state index contributed by atoms with van der Waals surface area (Å²) in [6, 6.07) is 7.37. The van der Waals surface area contributed by atoms with Crippen LogP contribution in [0.15, 0.2) is 30.3 Å². The SMILES string of the molecule is CCc1cc(CNCc2cccc(C(F)(F)F)c2)n(C)n1. The van der Waals surface area contributed by atoms with Crippen molar-refractivity contribution >= 4 is 0 Å². The molecule has 0 saturated carbocycles. The molecule has 0 aliphatic carbocycles. The molecule has 0 atom stereocenters. The van der Waals surface area contributed by atoms with Gasteiger partial charge in [-0.3, -0.25) is 4.68 Å². The Labute approximate surface area is 121 Å². The van der Waals surface area contributed by atoms with Gasteiger partial charge in [-0.25, -0.2) is 0 Å². The number of aromatic nitrogens is 2. The maximum Gasteiger partial charge on any atom is 0.416 e. The van der Waals surface area contributed by atoms with E-state index in [1.54, 1.807) is 10.7 Å². The van der Waals surface area contributed by atoms with E-state index in [1.807, 2.05) is 20.0 Å². The fraction of sp³-hybridized carbons (Fsp3) is 0.400. The molecule has 0 bridgehead atoms. The van der Waals surface area contributed by atoms with Gasteiger partial charge in [0.05, 0.1) is 17.0 Å². The van der Waals surface area contributed by atoms with Crippen molar-refractivity contribution in [2.45, 2.75) is 32.6 Å². The summed E-state index contributed by atoms with van der Waals surface area (Å²) in [5.74, 6) is 0. The number of benzene rings is 1. The van der Waals surface area contributed by atoms with Crippen LogP contribution in [0.1, 0.15) is 29.4 Å². The fourth-order valence-corrected chi connectivity index (χ4v) is 2.10. The number of aryl methyl sites for hydroxylation is 2. The number of hydrogen-bond donors (Lipinski definition) is 1. The average Bonchev–Trinajstić information content (AvgIpc) is 2.79. The van der Waals surface area contributed by atoms with E-state index < -0.39 is 11.7 Å². The van der Waals surface area contributed by atoms with Crippen molar-refractivity contribution in [1.82, 2.24) is 15.1 Å². The highest BCUT2D eigenvalue weighted by atomic mass is 19.4. The van der Waals surface area contributed by atoms with Crippen molar-refractivity contribution in [3.05, 3.63) is 52.8 Å². The first-order chi connectivity index (χ1) is 9.90. The Morgan fingerprint density at radius 1 is 1.19 bits per heavy atom. The number of halogens is 3. The largest absolute Gasteiger partial charge is 0.416 e. The Bertz CT molecular complexity index is 602. The topological polar surface area (TPSA) is 29.9 Å². The van der Waals surface area contributed by atoms with Crippen LogP contribution >= 0.6 is 0 Å². The maximum atomic E-state index is 12.6. The lowest BCUT2D eigenvalue weighted by atomic mass is 10.1. The van der Waals surface area contributed by atoms with Crippen molar-refractivity contribution in [2.24, 2.45) is 7.05 Å². The van der Waals surface area contributed by atoms with Gasteiger partial charge in [-0.15, -0.1) is 0 Å². The van der Waals surface area contributed by atoms with E-state index in [-0.39, 0.29) is 0 Å². The van der Waals surface area contributed by atoms with Crippen molar-refractivity contribution in [3.8, 4) is 0 Å². The van der Waals surface area contributed by atoms with Crippen molar-refractivity contribution in [3.63, 3.8) is 0 Å². The smallest absolute Gasteiger partial charge is 0.307 e. The molecule has 1 aromatic carbocycles. The van der Waals surface area contributed by atoms with E-state index >= 15 is 0 Å². The average molecular weight is 297 g/mol. The van der Waals surface area contributed by atoms with Crippen LogP contribution in [0.25, 0.3) is 0 Å². The lowest BCUT2D eigenvalue weighted by molar-refractivity contribution is -0.137. The Hall–Kier alpha value is -1.82. The van der Waals surface area contributed by atoms with Crippen LogP contribution in [-0.4, -0.2) is 9.78 Å². The molecule has 0 saturated heterocycles. The van der Waals surface area contributed by atoms with E-state index in [1.165, 1.54) is 12.1 Å². The minimum atomic E-state index is -4.30. The third kappa shape index (κ3) is 4.07. The lowest BCUT2D eigenvalue weighted by Crippen LogP contribution is -2.16. The zero-order valence-corrected chi connectivity index (χ0v) is 12.0. The predicted octanol–water partition coefficient (Wildman–Crippen LogP) is 3.29. The molecule has 3 nitrogen and oxygen atoms in total. The molecule has 1 heterocycles.